The van der Waals surface area contributed by atoms with E-state index in [0.29, 0.717) is 48.8 Å². The molecule has 0 saturated heterocycles. The SMILES string of the molecule is O=C(O)Cn1c2c(c3ccccc31)CC(C(=O)N(CCc1c(Cl)cccc1Cl)Cc1ccccc1)CC2. The molecule has 3 aromatic carbocycles. The molecule has 0 bridgehead atoms. The third kappa shape index (κ3) is 5.39. The summed E-state index contributed by atoms with van der Waals surface area (Å²) in [7, 11) is 0. The number of nitrogens with zero attached hydrogens (tertiary/aromatic N) is 2. The van der Waals surface area contributed by atoms with Crippen LogP contribution in [0.3, 0.4) is 0 Å². The zero-order valence-electron chi connectivity index (χ0n) is 20.4. The molecule has 0 aliphatic heterocycles. The van der Waals surface area contributed by atoms with Gasteiger partial charge in [-0.2, -0.15) is 0 Å². The number of aliphatic carboxylic acids is 1. The van der Waals surface area contributed by atoms with Crippen molar-refractivity contribution in [1.29, 1.82) is 0 Å². The predicted octanol–water partition coefficient (Wildman–Crippen LogP) is 6.41. The molecule has 0 spiro atoms. The molecule has 1 aliphatic carbocycles. The first-order valence-corrected chi connectivity index (χ1v) is 13.2. The van der Waals surface area contributed by atoms with Gasteiger partial charge in [0.25, 0.3) is 0 Å². The van der Waals surface area contributed by atoms with Gasteiger partial charge >= 0.3 is 5.97 Å². The maximum absolute atomic E-state index is 14.0. The number of carbonyl (C=O) groups is 2. The Hall–Kier alpha value is -3.28. The second-order valence-electron chi connectivity index (χ2n) is 9.56. The molecule has 1 heterocycles. The third-order valence-corrected chi connectivity index (χ3v) is 7.95. The van der Waals surface area contributed by atoms with Crippen molar-refractivity contribution >= 4 is 46.0 Å². The molecule has 0 radical (unpaired) electrons. The van der Waals surface area contributed by atoms with Gasteiger partial charge in [0.15, 0.2) is 0 Å². The van der Waals surface area contributed by atoms with Crippen LogP contribution < -0.4 is 0 Å². The smallest absolute Gasteiger partial charge is 0.323 e. The maximum atomic E-state index is 14.0. The summed E-state index contributed by atoms with van der Waals surface area (Å²) in [6.07, 6.45) is 2.51. The van der Waals surface area contributed by atoms with Crippen LogP contribution in [0.25, 0.3) is 10.9 Å². The van der Waals surface area contributed by atoms with E-state index in [0.717, 1.165) is 33.3 Å². The van der Waals surface area contributed by atoms with Crippen molar-refractivity contribution in [1.82, 2.24) is 9.47 Å². The number of hydrogen-bond acceptors (Lipinski definition) is 2. The summed E-state index contributed by atoms with van der Waals surface area (Å²) in [4.78, 5) is 27.5. The van der Waals surface area contributed by atoms with Crippen molar-refractivity contribution in [2.24, 2.45) is 5.92 Å². The van der Waals surface area contributed by atoms with Gasteiger partial charge < -0.3 is 14.6 Å². The molecule has 0 saturated carbocycles. The van der Waals surface area contributed by atoms with Crippen molar-refractivity contribution < 1.29 is 14.7 Å². The Bertz CT molecular complexity index is 1430. The first kappa shape index (κ1) is 25.4. The van der Waals surface area contributed by atoms with Gasteiger partial charge in [0.05, 0.1) is 0 Å². The number of halogens is 2. The van der Waals surface area contributed by atoms with E-state index < -0.39 is 5.97 Å². The summed E-state index contributed by atoms with van der Waals surface area (Å²) >= 11 is 12.8. The first-order chi connectivity index (χ1) is 17.9. The molecule has 4 aromatic rings. The average Bonchev–Trinajstić information content (AvgIpc) is 3.20. The van der Waals surface area contributed by atoms with Crippen LogP contribution in [0.2, 0.25) is 10.0 Å². The maximum Gasteiger partial charge on any atom is 0.323 e. The van der Waals surface area contributed by atoms with Gasteiger partial charge in [0, 0.05) is 45.6 Å². The predicted molar refractivity (Wildman–Crippen MR) is 147 cm³/mol. The van der Waals surface area contributed by atoms with E-state index in [1.807, 2.05) is 82.3 Å². The third-order valence-electron chi connectivity index (χ3n) is 7.24. The number of benzene rings is 3. The summed E-state index contributed by atoms with van der Waals surface area (Å²) < 4.78 is 1.90. The van der Waals surface area contributed by atoms with Crippen LogP contribution in [0.4, 0.5) is 0 Å². The van der Waals surface area contributed by atoms with Crippen LogP contribution in [0.5, 0.6) is 0 Å². The van der Waals surface area contributed by atoms with E-state index >= 15 is 0 Å². The molecule has 5 nitrogen and oxygen atoms in total. The quantitative estimate of drug-likeness (QED) is 0.284. The lowest BCUT2D eigenvalue weighted by Crippen LogP contribution is -2.39. The molecule has 1 N–H and O–H groups in total. The van der Waals surface area contributed by atoms with Crippen molar-refractivity contribution in [2.75, 3.05) is 6.54 Å². The molecule has 1 aliphatic rings. The summed E-state index contributed by atoms with van der Waals surface area (Å²) in [5.41, 5.74) is 4.95. The molecular formula is C30H28Cl2N2O3. The topological polar surface area (TPSA) is 62.5 Å². The Kier molecular flexibility index (Phi) is 7.54. The van der Waals surface area contributed by atoms with Crippen molar-refractivity contribution in [2.45, 2.75) is 38.8 Å². The van der Waals surface area contributed by atoms with Gasteiger partial charge in [0.2, 0.25) is 5.91 Å². The highest BCUT2D eigenvalue weighted by Crippen LogP contribution is 2.35. The standard InChI is InChI=1S/C30H28Cl2N2O3/c31-25-10-6-11-26(32)23(25)15-16-33(18-20-7-2-1-3-8-20)30(37)21-13-14-28-24(17-21)22-9-4-5-12-27(22)34(28)19-29(35)36/h1-12,21H,13-19H2,(H,35,36). The molecule has 37 heavy (non-hydrogen) atoms. The Morgan fingerprint density at radius 1 is 0.946 bits per heavy atom. The Balaban J connectivity index is 1.42. The number of carboxylic acid groups (broad SMARTS) is 1. The molecule has 1 amide bonds. The second-order valence-corrected chi connectivity index (χ2v) is 10.4. The highest BCUT2D eigenvalue weighted by molar-refractivity contribution is 6.36. The monoisotopic (exact) mass is 534 g/mol. The molecular weight excluding hydrogens is 507 g/mol. The molecule has 7 heteroatoms. The lowest BCUT2D eigenvalue weighted by molar-refractivity contribution is -0.138. The summed E-state index contributed by atoms with van der Waals surface area (Å²) in [5, 5.41) is 11.7. The zero-order chi connectivity index (χ0) is 25.9. The second kappa shape index (κ2) is 11.0. The molecule has 0 fully saturated rings. The number of carbonyl (C=O) groups excluding carboxylic acids is 1. The van der Waals surface area contributed by atoms with Gasteiger partial charge in [-0.15, -0.1) is 0 Å². The fourth-order valence-electron chi connectivity index (χ4n) is 5.47. The summed E-state index contributed by atoms with van der Waals surface area (Å²) in [5.74, 6) is -0.941. The van der Waals surface area contributed by atoms with Gasteiger partial charge in [-0.05, 0) is 60.6 Å². The Morgan fingerprint density at radius 2 is 1.65 bits per heavy atom. The van der Waals surface area contributed by atoms with E-state index in [9.17, 15) is 14.7 Å². The first-order valence-electron chi connectivity index (χ1n) is 12.5. The average molecular weight is 535 g/mol. The van der Waals surface area contributed by atoms with Crippen molar-refractivity contribution in [3.05, 3.63) is 105 Å². The lowest BCUT2D eigenvalue weighted by atomic mass is 9.85. The lowest BCUT2D eigenvalue weighted by Gasteiger charge is -2.30. The van der Waals surface area contributed by atoms with Gasteiger partial charge in [-0.25, -0.2) is 0 Å². The van der Waals surface area contributed by atoms with E-state index in [1.54, 1.807) is 0 Å². The van der Waals surface area contributed by atoms with Crippen LogP contribution in [0.1, 0.15) is 28.8 Å². The molecule has 1 atom stereocenters. The number of aromatic nitrogens is 1. The van der Waals surface area contributed by atoms with Gasteiger partial charge in [-0.3, -0.25) is 9.59 Å². The highest BCUT2D eigenvalue weighted by atomic mass is 35.5. The number of carboxylic acids is 1. The molecule has 190 valence electrons. The number of amides is 1. The summed E-state index contributed by atoms with van der Waals surface area (Å²) in [6, 6.07) is 23.3. The minimum absolute atomic E-state index is 0.0762. The van der Waals surface area contributed by atoms with E-state index in [4.69, 9.17) is 23.2 Å². The van der Waals surface area contributed by atoms with Crippen LogP contribution in [0, 0.1) is 5.92 Å². The van der Waals surface area contributed by atoms with Crippen LogP contribution in [-0.4, -0.2) is 33.0 Å². The molecule has 1 unspecified atom stereocenters. The number of hydrogen-bond donors (Lipinski definition) is 1. The Morgan fingerprint density at radius 3 is 2.38 bits per heavy atom. The van der Waals surface area contributed by atoms with E-state index in [-0.39, 0.29) is 18.4 Å². The largest absolute Gasteiger partial charge is 0.480 e. The van der Waals surface area contributed by atoms with Crippen LogP contribution >= 0.6 is 23.2 Å². The van der Waals surface area contributed by atoms with Crippen LogP contribution in [0.15, 0.2) is 72.8 Å². The Labute approximate surface area is 226 Å². The molecule has 5 rings (SSSR count). The summed E-state index contributed by atoms with van der Waals surface area (Å²) in [6.45, 7) is 0.931. The normalized spacial score (nSPS) is 14.9. The van der Waals surface area contributed by atoms with Gasteiger partial charge in [0.1, 0.15) is 6.54 Å². The highest BCUT2D eigenvalue weighted by Gasteiger charge is 2.32. The van der Waals surface area contributed by atoms with Crippen LogP contribution in [-0.2, 0) is 41.9 Å². The number of rotatable bonds is 8. The minimum atomic E-state index is -0.867. The van der Waals surface area contributed by atoms with E-state index in [2.05, 4.69) is 0 Å². The fraction of sp³-hybridized carbons (Fsp3) is 0.267. The number of fused-ring (bicyclic) bond motifs is 3. The van der Waals surface area contributed by atoms with E-state index in [1.165, 1.54) is 0 Å². The number of para-hydroxylation sites is 1. The van der Waals surface area contributed by atoms with Crippen molar-refractivity contribution in [3.63, 3.8) is 0 Å². The van der Waals surface area contributed by atoms with Crippen molar-refractivity contribution in [3.8, 4) is 0 Å². The van der Waals surface area contributed by atoms with Gasteiger partial charge in [-0.1, -0.05) is 77.8 Å². The fourth-order valence-corrected chi connectivity index (χ4v) is 6.06. The zero-order valence-corrected chi connectivity index (χ0v) is 21.9. The molecule has 1 aromatic heterocycles. The minimum Gasteiger partial charge on any atom is -0.480 e.